The van der Waals surface area contributed by atoms with Crippen molar-refractivity contribution in [2.24, 2.45) is 0 Å². The Bertz CT molecular complexity index is 327. The fraction of sp³-hybridized carbons (Fsp3) is 0.429. The summed E-state index contributed by atoms with van der Waals surface area (Å²) in [5.41, 5.74) is 1.39. The minimum absolute atomic E-state index is 0.970. The van der Waals surface area contributed by atoms with Crippen LogP contribution >= 0.6 is 11.8 Å². The Hall–Kier alpha value is -0.870. The maximum absolute atomic E-state index is 3.09. The van der Waals surface area contributed by atoms with Gasteiger partial charge in [-0.1, -0.05) is 19.1 Å². The number of rotatable bonds is 5. The molecule has 0 amide bonds. The molecule has 0 bridgehead atoms. The molecule has 0 unspecified atom stereocenters. The Labute approximate surface area is 97.5 Å². The first-order valence-electron chi connectivity index (χ1n) is 5.48. The van der Waals surface area contributed by atoms with Gasteiger partial charge in [-0.05, 0) is 43.2 Å². The second-order valence-electron chi connectivity index (χ2n) is 3.42. The summed E-state index contributed by atoms with van der Waals surface area (Å²) in [5, 5.41) is 0. The Morgan fingerprint density at radius 3 is 2.53 bits per heavy atom. The molecule has 1 heteroatoms. The summed E-state index contributed by atoms with van der Waals surface area (Å²) in [4.78, 5) is 1.38. The molecule has 1 rings (SSSR count). The predicted molar refractivity (Wildman–Crippen MR) is 69.2 cm³/mol. The van der Waals surface area contributed by atoms with E-state index in [9.17, 15) is 0 Å². The van der Waals surface area contributed by atoms with Gasteiger partial charge in [0.05, 0.1) is 0 Å². The number of hydrogen-bond acceptors (Lipinski definition) is 1. The van der Waals surface area contributed by atoms with Crippen LogP contribution in [0.4, 0.5) is 0 Å². The minimum Gasteiger partial charge on any atom is -0.126 e. The third-order valence-electron chi connectivity index (χ3n) is 2.11. The zero-order valence-corrected chi connectivity index (χ0v) is 10.4. The van der Waals surface area contributed by atoms with Crippen LogP contribution in [0.5, 0.6) is 0 Å². The highest BCUT2D eigenvalue weighted by Gasteiger charge is 1.94. The summed E-state index contributed by atoms with van der Waals surface area (Å²) >= 11 is 1.93. The molecule has 80 valence electrons. The van der Waals surface area contributed by atoms with Crippen LogP contribution in [0.3, 0.4) is 0 Å². The highest BCUT2D eigenvalue weighted by molar-refractivity contribution is 7.99. The van der Waals surface area contributed by atoms with Gasteiger partial charge in [0.1, 0.15) is 0 Å². The number of aryl methyl sites for hydroxylation is 1. The van der Waals surface area contributed by atoms with Crippen LogP contribution in [0.2, 0.25) is 0 Å². The quantitative estimate of drug-likeness (QED) is 0.528. The van der Waals surface area contributed by atoms with E-state index >= 15 is 0 Å². The van der Waals surface area contributed by atoms with Gasteiger partial charge in [-0.2, -0.15) is 0 Å². The monoisotopic (exact) mass is 218 g/mol. The van der Waals surface area contributed by atoms with E-state index in [-0.39, 0.29) is 0 Å². The summed E-state index contributed by atoms with van der Waals surface area (Å²) in [5.74, 6) is 7.22. The summed E-state index contributed by atoms with van der Waals surface area (Å²) in [6.45, 7) is 4.11. The molecule has 0 saturated heterocycles. The van der Waals surface area contributed by atoms with E-state index in [1.165, 1.54) is 22.6 Å². The Morgan fingerprint density at radius 1 is 1.20 bits per heavy atom. The SMILES string of the molecule is CC#CCCc1ccc(SCCC)cc1. The largest absolute Gasteiger partial charge is 0.126 e. The van der Waals surface area contributed by atoms with E-state index in [4.69, 9.17) is 0 Å². The normalized spacial score (nSPS) is 9.47. The fourth-order valence-electron chi connectivity index (χ4n) is 1.30. The van der Waals surface area contributed by atoms with Crippen molar-refractivity contribution in [3.05, 3.63) is 29.8 Å². The van der Waals surface area contributed by atoms with Gasteiger partial charge in [0.25, 0.3) is 0 Å². The van der Waals surface area contributed by atoms with E-state index < -0.39 is 0 Å². The summed E-state index contributed by atoms with van der Waals surface area (Å²) in [6.07, 6.45) is 3.27. The molecule has 0 nitrogen and oxygen atoms in total. The number of hydrogen-bond donors (Lipinski definition) is 0. The molecule has 0 atom stereocenters. The summed E-state index contributed by atoms with van der Waals surface area (Å²) in [7, 11) is 0. The Kier molecular flexibility index (Phi) is 6.04. The molecule has 0 fully saturated rings. The van der Waals surface area contributed by atoms with Gasteiger partial charge in [-0.3, -0.25) is 0 Å². The van der Waals surface area contributed by atoms with E-state index in [0.717, 1.165) is 12.8 Å². The fourth-order valence-corrected chi connectivity index (χ4v) is 2.07. The van der Waals surface area contributed by atoms with Crippen LogP contribution in [0, 0.1) is 11.8 Å². The van der Waals surface area contributed by atoms with Gasteiger partial charge >= 0.3 is 0 Å². The van der Waals surface area contributed by atoms with Crippen molar-refractivity contribution >= 4 is 11.8 Å². The molecular weight excluding hydrogens is 200 g/mol. The van der Waals surface area contributed by atoms with Crippen LogP contribution in [0.15, 0.2) is 29.2 Å². The topological polar surface area (TPSA) is 0 Å². The molecular formula is C14H18S. The van der Waals surface area contributed by atoms with Crippen LogP contribution < -0.4 is 0 Å². The molecule has 15 heavy (non-hydrogen) atoms. The first-order valence-corrected chi connectivity index (χ1v) is 6.46. The van der Waals surface area contributed by atoms with E-state index in [1.807, 2.05) is 18.7 Å². The van der Waals surface area contributed by atoms with Crippen LogP contribution in [0.1, 0.15) is 32.3 Å². The highest BCUT2D eigenvalue weighted by atomic mass is 32.2. The van der Waals surface area contributed by atoms with Crippen LogP contribution in [0.25, 0.3) is 0 Å². The zero-order chi connectivity index (χ0) is 10.9. The standard InChI is InChI=1S/C14H18S/c1-3-5-6-7-13-8-10-14(11-9-13)15-12-4-2/h8-11H,4,6-7,12H2,1-2H3. The lowest BCUT2D eigenvalue weighted by atomic mass is 10.1. The zero-order valence-electron chi connectivity index (χ0n) is 9.55. The van der Waals surface area contributed by atoms with E-state index in [1.54, 1.807) is 0 Å². The van der Waals surface area contributed by atoms with Crippen molar-refractivity contribution in [2.75, 3.05) is 5.75 Å². The van der Waals surface area contributed by atoms with Crippen molar-refractivity contribution in [1.29, 1.82) is 0 Å². The Morgan fingerprint density at radius 2 is 1.93 bits per heavy atom. The lowest BCUT2D eigenvalue weighted by Crippen LogP contribution is -1.83. The van der Waals surface area contributed by atoms with Gasteiger partial charge < -0.3 is 0 Å². The van der Waals surface area contributed by atoms with Crippen molar-refractivity contribution in [3.8, 4) is 11.8 Å². The van der Waals surface area contributed by atoms with Gasteiger partial charge in [0.2, 0.25) is 0 Å². The molecule has 0 N–H and O–H groups in total. The lowest BCUT2D eigenvalue weighted by Gasteiger charge is -2.01. The van der Waals surface area contributed by atoms with Crippen molar-refractivity contribution in [3.63, 3.8) is 0 Å². The van der Waals surface area contributed by atoms with Gasteiger partial charge in [-0.25, -0.2) is 0 Å². The third kappa shape index (κ3) is 4.95. The van der Waals surface area contributed by atoms with Crippen LogP contribution in [-0.4, -0.2) is 5.75 Å². The molecule has 1 aromatic rings. The van der Waals surface area contributed by atoms with Gasteiger partial charge in [0, 0.05) is 11.3 Å². The van der Waals surface area contributed by atoms with Gasteiger partial charge in [0.15, 0.2) is 0 Å². The molecule has 1 aromatic carbocycles. The smallest absolute Gasteiger partial charge is 0.0129 e. The highest BCUT2D eigenvalue weighted by Crippen LogP contribution is 2.19. The molecule has 0 aliphatic carbocycles. The molecule has 0 radical (unpaired) electrons. The first kappa shape index (κ1) is 12.2. The van der Waals surface area contributed by atoms with Crippen molar-refractivity contribution < 1.29 is 0 Å². The minimum atomic E-state index is 0.970. The second kappa shape index (κ2) is 7.43. The molecule has 0 aliphatic heterocycles. The van der Waals surface area contributed by atoms with E-state index in [2.05, 4.69) is 43.0 Å². The average Bonchev–Trinajstić information content (AvgIpc) is 2.28. The summed E-state index contributed by atoms with van der Waals surface area (Å²) < 4.78 is 0. The van der Waals surface area contributed by atoms with Crippen LogP contribution in [-0.2, 0) is 6.42 Å². The second-order valence-corrected chi connectivity index (χ2v) is 4.59. The Balaban J connectivity index is 2.43. The maximum atomic E-state index is 3.09. The molecule has 0 aliphatic rings. The lowest BCUT2D eigenvalue weighted by molar-refractivity contribution is 1.02. The number of benzene rings is 1. The maximum Gasteiger partial charge on any atom is 0.0129 e. The molecule has 0 saturated carbocycles. The molecule has 0 aromatic heterocycles. The molecule has 0 spiro atoms. The van der Waals surface area contributed by atoms with Gasteiger partial charge in [-0.15, -0.1) is 23.6 Å². The average molecular weight is 218 g/mol. The number of thioether (sulfide) groups is 1. The first-order chi connectivity index (χ1) is 7.36. The van der Waals surface area contributed by atoms with Crippen molar-refractivity contribution in [2.45, 2.75) is 38.0 Å². The van der Waals surface area contributed by atoms with E-state index in [0.29, 0.717) is 0 Å². The predicted octanol–water partition coefficient (Wildman–Crippen LogP) is 4.14. The van der Waals surface area contributed by atoms with Crippen molar-refractivity contribution in [1.82, 2.24) is 0 Å². The molecule has 0 heterocycles. The summed E-state index contributed by atoms with van der Waals surface area (Å²) in [6, 6.07) is 8.87. The third-order valence-corrected chi connectivity index (χ3v) is 3.33.